The topological polar surface area (TPSA) is 134 Å². The van der Waals surface area contributed by atoms with Crippen LogP contribution < -0.4 is 10.6 Å². The zero-order chi connectivity index (χ0) is 25.9. The first-order chi connectivity index (χ1) is 16.4. The molecule has 188 valence electrons. The van der Waals surface area contributed by atoms with Crippen molar-refractivity contribution in [3.63, 3.8) is 0 Å². The second-order valence-electron chi connectivity index (χ2n) is 10.1. The van der Waals surface area contributed by atoms with Crippen LogP contribution in [0.2, 0.25) is 0 Å². The molecule has 0 saturated carbocycles. The Bertz CT molecular complexity index is 1090. The number of nitrogens with one attached hydrogen (secondary N) is 2. The van der Waals surface area contributed by atoms with Gasteiger partial charge in [-0.2, -0.15) is 0 Å². The summed E-state index contributed by atoms with van der Waals surface area (Å²) in [6.07, 6.45) is 0.481. The summed E-state index contributed by atoms with van der Waals surface area (Å²) in [6, 6.07) is 7.34. The third kappa shape index (κ3) is 5.75. The molecule has 2 aromatic rings. The predicted molar refractivity (Wildman–Crippen MR) is 127 cm³/mol. The van der Waals surface area contributed by atoms with Crippen molar-refractivity contribution in [3.05, 3.63) is 47.7 Å². The van der Waals surface area contributed by atoms with Crippen LogP contribution in [-0.4, -0.2) is 57.4 Å². The van der Waals surface area contributed by atoms with Gasteiger partial charge in [-0.25, -0.2) is 4.79 Å². The number of carbonyl (C=O) groups excluding carboxylic acids is 4. The largest absolute Gasteiger partial charge is 0.417 e. The summed E-state index contributed by atoms with van der Waals surface area (Å²) in [5.74, 6) is -1.66. The molecule has 1 saturated heterocycles. The number of benzene rings is 1. The van der Waals surface area contributed by atoms with Gasteiger partial charge in [0.15, 0.2) is 0 Å². The van der Waals surface area contributed by atoms with Crippen LogP contribution >= 0.6 is 0 Å². The fourth-order valence-corrected chi connectivity index (χ4v) is 3.94. The molecular weight excluding hydrogens is 450 g/mol. The van der Waals surface area contributed by atoms with Crippen molar-refractivity contribution in [2.45, 2.75) is 65.5 Å². The summed E-state index contributed by atoms with van der Waals surface area (Å²) in [5, 5.41) is 13.3. The highest BCUT2D eigenvalue weighted by atomic mass is 16.4. The molecule has 1 aliphatic rings. The van der Waals surface area contributed by atoms with E-state index in [1.54, 1.807) is 13.8 Å². The lowest BCUT2D eigenvalue weighted by molar-refractivity contribution is -0.132. The Morgan fingerprint density at radius 1 is 1.11 bits per heavy atom. The van der Waals surface area contributed by atoms with Gasteiger partial charge in [0.2, 0.25) is 17.6 Å². The number of hydrogen-bond acceptors (Lipinski definition) is 7. The minimum Gasteiger partial charge on any atom is -0.417 e. The van der Waals surface area contributed by atoms with Gasteiger partial charge < -0.3 is 15.1 Å². The Morgan fingerprint density at radius 3 is 2.37 bits per heavy atom. The number of urea groups is 1. The summed E-state index contributed by atoms with van der Waals surface area (Å²) < 4.78 is 5.74. The maximum absolute atomic E-state index is 13.2. The molecule has 0 aliphatic carbocycles. The highest BCUT2D eigenvalue weighted by Gasteiger charge is 2.40. The van der Waals surface area contributed by atoms with Crippen molar-refractivity contribution < 1.29 is 23.6 Å². The molecule has 10 heteroatoms. The molecule has 10 nitrogen and oxygen atoms in total. The van der Waals surface area contributed by atoms with Gasteiger partial charge >= 0.3 is 6.03 Å². The number of aromatic nitrogens is 2. The lowest BCUT2D eigenvalue weighted by atomic mass is 9.85. The SMILES string of the molecule is CC(C)C[C@@H]1NC(=O)N(CC(=O)N[C@H](C(=O)c2nnc(C(C)(C)c3ccccc3)o2)C(C)C)C1=O. The van der Waals surface area contributed by atoms with E-state index in [0.717, 1.165) is 10.5 Å². The summed E-state index contributed by atoms with van der Waals surface area (Å²) in [7, 11) is 0. The second-order valence-corrected chi connectivity index (χ2v) is 10.1. The number of rotatable bonds is 10. The van der Waals surface area contributed by atoms with Crippen LogP contribution in [0, 0.1) is 11.8 Å². The predicted octanol–water partition coefficient (Wildman–Crippen LogP) is 2.69. The van der Waals surface area contributed by atoms with Crippen LogP contribution in [0.25, 0.3) is 0 Å². The maximum Gasteiger partial charge on any atom is 0.325 e. The molecule has 1 aromatic heterocycles. The average Bonchev–Trinajstić information content (AvgIpc) is 3.39. The first-order valence-corrected chi connectivity index (χ1v) is 11.8. The summed E-state index contributed by atoms with van der Waals surface area (Å²) in [6.45, 7) is 10.8. The van der Waals surface area contributed by atoms with E-state index in [1.807, 2.05) is 58.0 Å². The lowest BCUT2D eigenvalue weighted by Crippen LogP contribution is -2.49. The van der Waals surface area contributed by atoms with E-state index in [2.05, 4.69) is 20.8 Å². The second kappa shape index (κ2) is 10.4. The van der Waals surface area contributed by atoms with Gasteiger partial charge in [-0.15, -0.1) is 10.2 Å². The number of ketones is 1. The normalized spacial score (nSPS) is 17.1. The van der Waals surface area contributed by atoms with Crippen molar-refractivity contribution in [2.75, 3.05) is 6.54 Å². The van der Waals surface area contributed by atoms with E-state index in [-0.39, 0.29) is 23.6 Å². The number of imide groups is 1. The Balaban J connectivity index is 1.70. The van der Waals surface area contributed by atoms with E-state index in [4.69, 9.17) is 4.42 Å². The molecule has 3 rings (SSSR count). The van der Waals surface area contributed by atoms with E-state index < -0.39 is 47.7 Å². The van der Waals surface area contributed by atoms with Crippen LogP contribution in [0.15, 0.2) is 34.7 Å². The van der Waals surface area contributed by atoms with Gasteiger partial charge in [-0.1, -0.05) is 58.0 Å². The van der Waals surface area contributed by atoms with Gasteiger partial charge in [0, 0.05) is 0 Å². The molecule has 2 N–H and O–H groups in total. The van der Waals surface area contributed by atoms with Gasteiger partial charge in [0.1, 0.15) is 12.6 Å². The first-order valence-electron chi connectivity index (χ1n) is 11.8. The molecular formula is C25H33N5O5. The van der Waals surface area contributed by atoms with Gasteiger partial charge in [0.25, 0.3) is 11.8 Å². The number of hydrogen-bond donors (Lipinski definition) is 2. The van der Waals surface area contributed by atoms with Crippen molar-refractivity contribution in [1.29, 1.82) is 0 Å². The Labute approximate surface area is 204 Å². The number of carbonyl (C=O) groups is 4. The Morgan fingerprint density at radius 2 is 1.77 bits per heavy atom. The van der Waals surface area contributed by atoms with Crippen LogP contribution in [0.3, 0.4) is 0 Å². The number of Topliss-reactive ketones (excluding diaryl/α,β-unsaturated/α-hetero) is 1. The molecule has 0 bridgehead atoms. The van der Waals surface area contributed by atoms with Crippen molar-refractivity contribution in [2.24, 2.45) is 11.8 Å². The van der Waals surface area contributed by atoms with Crippen LogP contribution in [0.1, 0.15) is 70.1 Å². The average molecular weight is 484 g/mol. The first kappa shape index (κ1) is 26.1. The molecule has 0 radical (unpaired) electrons. The van der Waals surface area contributed by atoms with Crippen LogP contribution in [0.4, 0.5) is 4.79 Å². The highest BCUT2D eigenvalue weighted by Crippen LogP contribution is 2.30. The third-order valence-corrected chi connectivity index (χ3v) is 6.05. The van der Waals surface area contributed by atoms with Gasteiger partial charge in [0.05, 0.1) is 11.5 Å². The Kier molecular flexibility index (Phi) is 7.72. The van der Waals surface area contributed by atoms with Crippen molar-refractivity contribution >= 4 is 23.6 Å². The number of nitrogens with zero attached hydrogens (tertiary/aromatic N) is 3. The van der Waals surface area contributed by atoms with E-state index in [9.17, 15) is 19.2 Å². The standard InChI is InChI=1S/C25H33N5O5/c1-14(2)12-17-22(33)30(24(34)26-17)13-18(31)27-19(15(3)4)20(32)21-28-29-23(35-21)25(5,6)16-10-8-7-9-11-16/h7-11,14-15,17,19H,12-13H2,1-6H3,(H,26,34)(H,27,31)/t17-,19-/m0/s1. The highest BCUT2D eigenvalue weighted by molar-refractivity contribution is 6.07. The summed E-state index contributed by atoms with van der Waals surface area (Å²) in [5.41, 5.74) is 0.319. The van der Waals surface area contributed by atoms with Crippen molar-refractivity contribution in [3.8, 4) is 0 Å². The molecule has 0 spiro atoms. The monoisotopic (exact) mass is 483 g/mol. The molecule has 1 aromatic carbocycles. The smallest absolute Gasteiger partial charge is 0.325 e. The zero-order valence-corrected chi connectivity index (χ0v) is 21.0. The fourth-order valence-electron chi connectivity index (χ4n) is 3.94. The Hall–Kier alpha value is -3.56. The molecule has 0 unspecified atom stereocenters. The van der Waals surface area contributed by atoms with E-state index >= 15 is 0 Å². The van der Waals surface area contributed by atoms with Crippen LogP contribution in [-0.2, 0) is 15.0 Å². The fraction of sp³-hybridized carbons (Fsp3) is 0.520. The number of amides is 4. The third-order valence-electron chi connectivity index (χ3n) is 6.05. The molecule has 1 fully saturated rings. The molecule has 4 amide bonds. The lowest BCUT2D eigenvalue weighted by Gasteiger charge is -2.22. The molecule has 2 heterocycles. The minimum absolute atomic E-state index is 0.201. The van der Waals surface area contributed by atoms with E-state index in [1.165, 1.54) is 0 Å². The molecule has 1 aliphatic heterocycles. The van der Waals surface area contributed by atoms with Crippen LogP contribution in [0.5, 0.6) is 0 Å². The minimum atomic E-state index is -0.970. The van der Waals surface area contributed by atoms with Gasteiger partial charge in [-0.05, 0) is 37.7 Å². The summed E-state index contributed by atoms with van der Waals surface area (Å²) in [4.78, 5) is 51.5. The van der Waals surface area contributed by atoms with Crippen molar-refractivity contribution in [1.82, 2.24) is 25.7 Å². The molecule has 35 heavy (non-hydrogen) atoms. The maximum atomic E-state index is 13.2. The quantitative estimate of drug-likeness (QED) is 0.392. The summed E-state index contributed by atoms with van der Waals surface area (Å²) >= 11 is 0. The molecule has 2 atom stereocenters. The zero-order valence-electron chi connectivity index (χ0n) is 21.0. The van der Waals surface area contributed by atoms with Gasteiger partial charge in [-0.3, -0.25) is 19.3 Å². The van der Waals surface area contributed by atoms with E-state index in [0.29, 0.717) is 6.42 Å².